The van der Waals surface area contributed by atoms with Crippen molar-refractivity contribution >= 4 is 46.3 Å². The molecule has 0 radical (unpaired) electrons. The number of anilines is 1. The second kappa shape index (κ2) is 9.08. The Morgan fingerprint density at radius 3 is 2.50 bits per heavy atom. The maximum Gasteiger partial charge on any atom is 0.191 e. The largest absolute Gasteiger partial charge is 0.363 e. The summed E-state index contributed by atoms with van der Waals surface area (Å²) in [6.45, 7) is 2.23. The highest BCUT2D eigenvalue weighted by molar-refractivity contribution is 14.0. The third kappa shape index (κ3) is 4.71. The van der Waals surface area contributed by atoms with Gasteiger partial charge in [0.1, 0.15) is 0 Å². The fourth-order valence-corrected chi connectivity index (χ4v) is 4.44. The van der Waals surface area contributed by atoms with Gasteiger partial charge in [-0.2, -0.15) is 0 Å². The molecule has 0 amide bonds. The number of hydrogen-bond donors (Lipinski definition) is 2. The van der Waals surface area contributed by atoms with E-state index in [4.69, 9.17) is 0 Å². The fraction of sp³-hybridized carbons (Fsp3) is 0.450. The van der Waals surface area contributed by atoms with Crippen LogP contribution in [-0.2, 0) is 0 Å². The van der Waals surface area contributed by atoms with Crippen LogP contribution in [0, 0.1) is 0 Å². The summed E-state index contributed by atoms with van der Waals surface area (Å²) in [6, 6.07) is 16.2. The Kier molecular flexibility index (Phi) is 6.80. The van der Waals surface area contributed by atoms with Gasteiger partial charge in [-0.05, 0) is 42.3 Å². The average Bonchev–Trinajstić information content (AvgIpc) is 3.21. The van der Waals surface area contributed by atoms with E-state index in [1.54, 1.807) is 0 Å². The topological polar surface area (TPSA) is 39.7 Å². The van der Waals surface area contributed by atoms with Crippen LogP contribution < -0.4 is 15.5 Å². The number of aliphatic imine (C=N–C) groups is 1. The normalized spacial score (nSPS) is 23.3. The molecule has 2 N–H and O–H groups in total. The number of rotatable bonds is 4. The van der Waals surface area contributed by atoms with Gasteiger partial charge in [0.2, 0.25) is 0 Å². The zero-order chi connectivity index (χ0) is 17.1. The third-order valence-electron chi connectivity index (χ3n) is 5.22. The van der Waals surface area contributed by atoms with Crippen molar-refractivity contribution < 1.29 is 0 Å². The van der Waals surface area contributed by atoms with Crippen molar-refractivity contribution in [1.82, 2.24) is 10.6 Å². The molecule has 2 fully saturated rings. The molecule has 1 aromatic heterocycles. The van der Waals surface area contributed by atoms with Gasteiger partial charge in [0.05, 0.1) is 5.00 Å². The Bertz CT molecular complexity index is 696. The molecule has 140 valence electrons. The van der Waals surface area contributed by atoms with E-state index in [1.165, 1.54) is 17.0 Å². The zero-order valence-corrected chi connectivity index (χ0v) is 18.2. The number of nitrogens with zero attached hydrogens (tertiary/aromatic N) is 2. The SMILES string of the molecule is CN=C(NC1CCN(c2cccs2)CC1)NC1CC1c1ccccc1.I. The first-order valence-electron chi connectivity index (χ1n) is 9.17. The summed E-state index contributed by atoms with van der Waals surface area (Å²) in [6.07, 6.45) is 3.51. The van der Waals surface area contributed by atoms with E-state index in [-0.39, 0.29) is 24.0 Å². The molecular formula is C20H27IN4S. The van der Waals surface area contributed by atoms with E-state index >= 15 is 0 Å². The molecule has 1 saturated heterocycles. The molecule has 4 nitrogen and oxygen atoms in total. The summed E-state index contributed by atoms with van der Waals surface area (Å²) >= 11 is 1.83. The van der Waals surface area contributed by atoms with E-state index in [2.05, 4.69) is 68.4 Å². The highest BCUT2D eigenvalue weighted by Gasteiger charge is 2.39. The van der Waals surface area contributed by atoms with E-state index < -0.39 is 0 Å². The van der Waals surface area contributed by atoms with Gasteiger partial charge in [-0.1, -0.05) is 30.3 Å². The average molecular weight is 482 g/mol. The first-order chi connectivity index (χ1) is 12.3. The van der Waals surface area contributed by atoms with Crippen LogP contribution in [0.4, 0.5) is 5.00 Å². The summed E-state index contributed by atoms with van der Waals surface area (Å²) in [4.78, 5) is 6.93. The highest BCUT2D eigenvalue weighted by atomic mass is 127. The Labute approximate surface area is 177 Å². The number of piperidine rings is 1. The maximum atomic E-state index is 4.44. The van der Waals surface area contributed by atoms with Gasteiger partial charge < -0.3 is 15.5 Å². The molecule has 0 bridgehead atoms. The molecule has 0 spiro atoms. The fourth-order valence-electron chi connectivity index (χ4n) is 3.66. The van der Waals surface area contributed by atoms with Gasteiger partial charge >= 0.3 is 0 Å². The summed E-state index contributed by atoms with van der Waals surface area (Å²) in [5.41, 5.74) is 1.43. The van der Waals surface area contributed by atoms with E-state index in [0.717, 1.165) is 31.9 Å². The summed E-state index contributed by atoms with van der Waals surface area (Å²) in [5, 5.41) is 10.8. The van der Waals surface area contributed by atoms with E-state index in [0.29, 0.717) is 18.0 Å². The van der Waals surface area contributed by atoms with Gasteiger partial charge in [-0.15, -0.1) is 35.3 Å². The molecule has 1 aliphatic carbocycles. The quantitative estimate of drug-likeness (QED) is 0.393. The Morgan fingerprint density at radius 1 is 1.08 bits per heavy atom. The Hall–Kier alpha value is -1.28. The van der Waals surface area contributed by atoms with Crippen molar-refractivity contribution in [3.63, 3.8) is 0 Å². The first-order valence-corrected chi connectivity index (χ1v) is 10.0. The third-order valence-corrected chi connectivity index (χ3v) is 6.15. The number of guanidine groups is 1. The number of halogens is 1. The first kappa shape index (κ1) is 19.5. The van der Waals surface area contributed by atoms with Crippen LogP contribution >= 0.6 is 35.3 Å². The van der Waals surface area contributed by atoms with Gasteiger partial charge in [-0.25, -0.2) is 0 Å². The minimum Gasteiger partial charge on any atom is -0.363 e. The van der Waals surface area contributed by atoms with Crippen LogP contribution in [0.5, 0.6) is 0 Å². The minimum atomic E-state index is 0. The molecule has 6 heteroatoms. The lowest BCUT2D eigenvalue weighted by Gasteiger charge is -2.33. The van der Waals surface area contributed by atoms with Gasteiger partial charge in [0, 0.05) is 38.1 Å². The lowest BCUT2D eigenvalue weighted by molar-refractivity contribution is 0.462. The van der Waals surface area contributed by atoms with Gasteiger partial charge in [0.25, 0.3) is 0 Å². The zero-order valence-electron chi connectivity index (χ0n) is 15.1. The summed E-state index contributed by atoms with van der Waals surface area (Å²) in [5.74, 6) is 1.58. The minimum absolute atomic E-state index is 0. The van der Waals surface area contributed by atoms with Crippen LogP contribution in [0.15, 0.2) is 52.8 Å². The van der Waals surface area contributed by atoms with Crippen molar-refractivity contribution in [2.75, 3.05) is 25.0 Å². The molecule has 2 atom stereocenters. The second-order valence-electron chi connectivity index (χ2n) is 6.93. The number of benzene rings is 1. The van der Waals surface area contributed by atoms with Crippen molar-refractivity contribution in [1.29, 1.82) is 0 Å². The van der Waals surface area contributed by atoms with E-state index in [1.807, 2.05) is 18.4 Å². The van der Waals surface area contributed by atoms with Crippen LogP contribution in [0.1, 0.15) is 30.7 Å². The molecule has 1 saturated carbocycles. The summed E-state index contributed by atoms with van der Waals surface area (Å²) in [7, 11) is 1.87. The molecule has 1 aromatic carbocycles. The second-order valence-corrected chi connectivity index (χ2v) is 7.86. The molecular weight excluding hydrogens is 455 g/mol. The van der Waals surface area contributed by atoms with Crippen molar-refractivity contribution in [3.8, 4) is 0 Å². The van der Waals surface area contributed by atoms with Crippen LogP contribution in [0.25, 0.3) is 0 Å². The Balaban J connectivity index is 0.00000196. The molecule has 26 heavy (non-hydrogen) atoms. The Morgan fingerprint density at radius 2 is 1.85 bits per heavy atom. The van der Waals surface area contributed by atoms with Gasteiger partial charge in [-0.3, -0.25) is 4.99 Å². The smallest absolute Gasteiger partial charge is 0.191 e. The molecule has 1 aliphatic heterocycles. The van der Waals surface area contributed by atoms with Gasteiger partial charge in [0.15, 0.2) is 5.96 Å². The number of hydrogen-bond acceptors (Lipinski definition) is 3. The predicted molar refractivity (Wildman–Crippen MR) is 122 cm³/mol. The molecule has 2 aliphatic rings. The lowest BCUT2D eigenvalue weighted by atomic mass is 10.1. The lowest BCUT2D eigenvalue weighted by Crippen LogP contribution is -2.49. The molecule has 2 heterocycles. The molecule has 2 unspecified atom stereocenters. The monoisotopic (exact) mass is 482 g/mol. The van der Waals surface area contributed by atoms with Crippen molar-refractivity contribution in [2.24, 2.45) is 4.99 Å². The molecule has 4 rings (SSSR count). The standard InChI is InChI=1S/C20H26N4S.HI/c1-21-20(23-18-14-17(18)15-6-3-2-4-7-15)22-16-9-11-24(12-10-16)19-8-5-13-25-19;/h2-8,13,16-18H,9-12,14H2,1H3,(H2,21,22,23);1H. The van der Waals surface area contributed by atoms with Crippen molar-refractivity contribution in [2.45, 2.75) is 37.3 Å². The molecule has 2 aromatic rings. The van der Waals surface area contributed by atoms with Crippen LogP contribution in [0.2, 0.25) is 0 Å². The highest BCUT2D eigenvalue weighted by Crippen LogP contribution is 2.40. The number of thiophene rings is 1. The van der Waals surface area contributed by atoms with E-state index in [9.17, 15) is 0 Å². The van der Waals surface area contributed by atoms with Crippen LogP contribution in [0.3, 0.4) is 0 Å². The van der Waals surface area contributed by atoms with Crippen LogP contribution in [-0.4, -0.2) is 38.2 Å². The number of nitrogens with one attached hydrogen (secondary N) is 2. The maximum absolute atomic E-state index is 4.44. The summed E-state index contributed by atoms with van der Waals surface area (Å²) < 4.78 is 0. The van der Waals surface area contributed by atoms with Crippen molar-refractivity contribution in [3.05, 3.63) is 53.4 Å². The predicted octanol–water partition coefficient (Wildman–Crippen LogP) is 4.06.